The molecule has 1 aliphatic rings. The molecule has 2 heterocycles. The maximum Gasteiger partial charge on any atom is 0.287 e. The molecule has 2 rings (SSSR count). The summed E-state index contributed by atoms with van der Waals surface area (Å²) in [7, 11) is 0. The largest absolute Gasteiger partial charge is 0.355 e. The summed E-state index contributed by atoms with van der Waals surface area (Å²) in [6, 6.07) is 0.563. The van der Waals surface area contributed by atoms with Gasteiger partial charge in [-0.1, -0.05) is 0 Å². The quantitative estimate of drug-likeness (QED) is 0.509. The molecule has 1 aromatic heterocycles. The summed E-state index contributed by atoms with van der Waals surface area (Å²) >= 11 is 0. The third-order valence-electron chi connectivity index (χ3n) is 3.27. The molecule has 0 bridgehead atoms. The Balaban J connectivity index is 2.17. The van der Waals surface area contributed by atoms with E-state index in [-0.39, 0.29) is 17.3 Å². The van der Waals surface area contributed by atoms with Crippen LogP contribution in [0, 0.1) is 10.1 Å². The number of H-pyrrole nitrogens is 1. The number of hydrogen-bond acceptors (Lipinski definition) is 5. The fourth-order valence-corrected chi connectivity index (χ4v) is 2.24. The van der Waals surface area contributed by atoms with Crippen LogP contribution in [0.25, 0.3) is 0 Å². The van der Waals surface area contributed by atoms with E-state index < -0.39 is 16.9 Å². The zero-order chi connectivity index (χ0) is 15.4. The first kappa shape index (κ1) is 15.0. The maximum atomic E-state index is 12.4. The van der Waals surface area contributed by atoms with Crippen LogP contribution >= 0.6 is 0 Å². The first-order valence-corrected chi connectivity index (χ1v) is 6.66. The number of carbonyl (C=O) groups excluding carboxylic acids is 2. The van der Waals surface area contributed by atoms with E-state index in [1.807, 2.05) is 0 Å². The number of piperazine rings is 1. The summed E-state index contributed by atoms with van der Waals surface area (Å²) < 4.78 is 0. The van der Waals surface area contributed by atoms with Gasteiger partial charge in [-0.05, 0) is 6.92 Å². The smallest absolute Gasteiger partial charge is 0.287 e. The normalized spacial score (nSPS) is 18.3. The van der Waals surface area contributed by atoms with E-state index in [0.29, 0.717) is 26.2 Å². The van der Waals surface area contributed by atoms with Crippen molar-refractivity contribution in [3.63, 3.8) is 0 Å². The summed E-state index contributed by atoms with van der Waals surface area (Å²) in [4.78, 5) is 38.5. The molecule has 9 nitrogen and oxygen atoms in total. The van der Waals surface area contributed by atoms with Crippen molar-refractivity contribution in [2.45, 2.75) is 13.0 Å². The van der Waals surface area contributed by atoms with Crippen molar-refractivity contribution in [2.24, 2.45) is 0 Å². The number of carbonyl (C=O) groups is 2. The lowest BCUT2D eigenvalue weighted by molar-refractivity contribution is -0.384. The van der Waals surface area contributed by atoms with Crippen molar-refractivity contribution in [3.05, 3.63) is 28.1 Å². The van der Waals surface area contributed by atoms with Crippen molar-refractivity contribution in [1.29, 1.82) is 0 Å². The number of nitrogens with zero attached hydrogens (tertiary/aromatic N) is 2. The molecule has 21 heavy (non-hydrogen) atoms. The first-order valence-electron chi connectivity index (χ1n) is 6.66. The highest BCUT2D eigenvalue weighted by Crippen LogP contribution is 2.16. The van der Waals surface area contributed by atoms with Crippen LogP contribution in [0.3, 0.4) is 0 Å². The van der Waals surface area contributed by atoms with E-state index in [4.69, 9.17) is 0 Å². The number of aromatic amines is 1. The Bertz CT molecular complexity index is 556. The zero-order valence-corrected chi connectivity index (χ0v) is 11.6. The van der Waals surface area contributed by atoms with Crippen molar-refractivity contribution < 1.29 is 14.5 Å². The molecule has 1 atom stereocenters. The van der Waals surface area contributed by atoms with E-state index >= 15 is 0 Å². The van der Waals surface area contributed by atoms with Crippen LogP contribution in [0.1, 0.15) is 17.4 Å². The Kier molecular flexibility index (Phi) is 4.53. The van der Waals surface area contributed by atoms with Gasteiger partial charge in [0.1, 0.15) is 11.7 Å². The van der Waals surface area contributed by atoms with Crippen LogP contribution in [0.4, 0.5) is 5.69 Å². The average Bonchev–Trinajstić information content (AvgIpc) is 2.97. The zero-order valence-electron chi connectivity index (χ0n) is 11.6. The molecule has 1 aromatic rings. The Morgan fingerprint density at radius 3 is 2.95 bits per heavy atom. The molecule has 0 spiro atoms. The van der Waals surface area contributed by atoms with E-state index in [9.17, 15) is 19.7 Å². The van der Waals surface area contributed by atoms with Gasteiger partial charge < -0.3 is 20.5 Å². The van der Waals surface area contributed by atoms with Crippen LogP contribution in [0.15, 0.2) is 12.3 Å². The van der Waals surface area contributed by atoms with Gasteiger partial charge in [0.15, 0.2) is 0 Å². The Morgan fingerprint density at radius 1 is 1.57 bits per heavy atom. The predicted octanol–water partition coefficient (Wildman–Crippen LogP) is -0.527. The fourth-order valence-electron chi connectivity index (χ4n) is 2.24. The first-order chi connectivity index (χ1) is 10.0. The lowest BCUT2D eigenvalue weighted by Crippen LogP contribution is -2.59. The fraction of sp³-hybridized carbons (Fsp3) is 0.500. The molecule has 9 heteroatoms. The van der Waals surface area contributed by atoms with Crippen LogP contribution in [-0.4, -0.2) is 58.8 Å². The Labute approximate surface area is 120 Å². The van der Waals surface area contributed by atoms with Crippen molar-refractivity contribution in [3.8, 4) is 0 Å². The monoisotopic (exact) mass is 295 g/mol. The van der Waals surface area contributed by atoms with E-state index in [2.05, 4.69) is 15.6 Å². The van der Waals surface area contributed by atoms with Gasteiger partial charge >= 0.3 is 0 Å². The molecule has 0 aromatic carbocycles. The Hall–Kier alpha value is -2.42. The number of rotatable bonds is 4. The van der Waals surface area contributed by atoms with Crippen LogP contribution in [-0.2, 0) is 4.79 Å². The maximum absolute atomic E-state index is 12.4. The van der Waals surface area contributed by atoms with Gasteiger partial charge in [0, 0.05) is 32.2 Å². The van der Waals surface area contributed by atoms with E-state index in [1.165, 1.54) is 11.0 Å². The van der Waals surface area contributed by atoms with Gasteiger partial charge in [0.05, 0.1) is 11.1 Å². The lowest BCUT2D eigenvalue weighted by Gasteiger charge is -2.34. The highest BCUT2D eigenvalue weighted by Gasteiger charge is 2.33. The highest BCUT2D eigenvalue weighted by molar-refractivity contribution is 5.97. The van der Waals surface area contributed by atoms with E-state index in [1.54, 1.807) is 6.92 Å². The minimum Gasteiger partial charge on any atom is -0.355 e. The third-order valence-corrected chi connectivity index (χ3v) is 3.27. The number of likely N-dealkylation sites (N-methyl/N-ethyl adjacent to an activating group) is 1. The molecule has 1 saturated heterocycles. The standard InChI is InChI=1S/C12H17N5O4/c1-2-14-11(18)10-7-13-3-4-16(10)12(19)9-5-8(6-15-9)17(20)21/h5-6,10,13,15H,2-4,7H2,1H3,(H,14,18). The second-order valence-corrected chi connectivity index (χ2v) is 4.64. The number of nitrogens with one attached hydrogen (secondary N) is 3. The van der Waals surface area contributed by atoms with Gasteiger partial charge in [0.25, 0.3) is 11.6 Å². The van der Waals surface area contributed by atoms with Gasteiger partial charge in [-0.2, -0.15) is 0 Å². The number of amides is 2. The van der Waals surface area contributed by atoms with Gasteiger partial charge in [-0.25, -0.2) is 0 Å². The number of nitro groups is 1. The predicted molar refractivity (Wildman–Crippen MR) is 73.8 cm³/mol. The molecular formula is C12H17N5O4. The third kappa shape index (κ3) is 3.19. The van der Waals surface area contributed by atoms with Crippen molar-refractivity contribution in [2.75, 3.05) is 26.2 Å². The minimum absolute atomic E-state index is 0.109. The molecule has 1 aliphatic heterocycles. The Morgan fingerprint density at radius 2 is 2.33 bits per heavy atom. The topological polar surface area (TPSA) is 120 Å². The summed E-state index contributed by atoms with van der Waals surface area (Å²) in [6.07, 6.45) is 1.16. The minimum atomic E-state index is -0.617. The summed E-state index contributed by atoms with van der Waals surface area (Å²) in [6.45, 7) is 3.58. The average molecular weight is 295 g/mol. The van der Waals surface area contributed by atoms with Crippen LogP contribution < -0.4 is 10.6 Å². The molecular weight excluding hydrogens is 278 g/mol. The molecule has 1 fully saturated rings. The molecule has 1 unspecified atom stereocenters. The summed E-state index contributed by atoms with van der Waals surface area (Å²) in [5.41, 5.74) is -0.0686. The molecule has 2 amide bonds. The summed E-state index contributed by atoms with van der Waals surface area (Å²) in [5.74, 6) is -0.653. The van der Waals surface area contributed by atoms with Crippen molar-refractivity contribution >= 4 is 17.5 Å². The second-order valence-electron chi connectivity index (χ2n) is 4.64. The SMILES string of the molecule is CCNC(=O)C1CNCCN1C(=O)c1cc([N+](=O)[O-])c[nH]1. The van der Waals surface area contributed by atoms with Gasteiger partial charge in [0.2, 0.25) is 5.91 Å². The van der Waals surface area contributed by atoms with Crippen molar-refractivity contribution in [1.82, 2.24) is 20.5 Å². The molecule has 3 N–H and O–H groups in total. The molecule has 0 radical (unpaired) electrons. The highest BCUT2D eigenvalue weighted by atomic mass is 16.6. The second kappa shape index (κ2) is 6.35. The van der Waals surface area contributed by atoms with Gasteiger partial charge in [-0.15, -0.1) is 0 Å². The molecule has 0 aliphatic carbocycles. The van der Waals surface area contributed by atoms with Crippen LogP contribution in [0.5, 0.6) is 0 Å². The number of hydrogen-bond donors (Lipinski definition) is 3. The van der Waals surface area contributed by atoms with E-state index in [0.717, 1.165) is 6.20 Å². The van der Waals surface area contributed by atoms with Gasteiger partial charge in [-0.3, -0.25) is 19.7 Å². The number of aromatic nitrogens is 1. The molecule has 114 valence electrons. The molecule has 0 saturated carbocycles. The lowest BCUT2D eigenvalue weighted by atomic mass is 10.1. The summed E-state index contributed by atoms with van der Waals surface area (Å²) in [5, 5.41) is 16.4. The van der Waals surface area contributed by atoms with Crippen LogP contribution in [0.2, 0.25) is 0 Å².